The van der Waals surface area contributed by atoms with Gasteiger partial charge in [0.15, 0.2) is 0 Å². The summed E-state index contributed by atoms with van der Waals surface area (Å²) in [4.78, 5) is 24.7. The number of anilines is 2. The van der Waals surface area contributed by atoms with E-state index >= 15 is 0 Å². The minimum absolute atomic E-state index is 0.351. The molecule has 7 nitrogen and oxygen atoms in total. The first-order valence-electron chi connectivity index (χ1n) is 10.1. The van der Waals surface area contributed by atoms with E-state index in [0.29, 0.717) is 23.5 Å². The number of fused-ring (bicyclic) bond motifs is 1. The molecule has 0 aliphatic carbocycles. The molecule has 2 aromatic carbocycles. The molecule has 31 heavy (non-hydrogen) atoms. The predicted octanol–water partition coefficient (Wildman–Crippen LogP) is 5.60. The predicted molar refractivity (Wildman–Crippen MR) is 117 cm³/mol. The molecule has 1 aliphatic heterocycles. The molecule has 3 N–H and O–H groups in total. The Morgan fingerprint density at radius 2 is 1.81 bits per heavy atom. The molecule has 1 heterocycles. The Hall–Kier alpha value is -3.29. The van der Waals surface area contributed by atoms with Crippen molar-refractivity contribution in [3.05, 3.63) is 53.8 Å². The number of nitrogens with one attached hydrogen (secondary N) is 3. The molecule has 166 valence electrons. The van der Waals surface area contributed by atoms with Crippen molar-refractivity contribution in [1.82, 2.24) is 5.32 Å². The average molecular weight is 429 g/mol. The molecule has 0 saturated carbocycles. The fourth-order valence-corrected chi connectivity index (χ4v) is 3.37. The molecule has 3 rings (SSSR count). The van der Waals surface area contributed by atoms with Gasteiger partial charge in [-0.1, -0.05) is 6.07 Å². The number of halogens is 1. The van der Waals surface area contributed by atoms with E-state index in [0.717, 1.165) is 5.56 Å². The Morgan fingerprint density at radius 1 is 1.10 bits per heavy atom. The van der Waals surface area contributed by atoms with Crippen LogP contribution in [0.2, 0.25) is 0 Å². The lowest BCUT2D eigenvalue weighted by molar-refractivity contribution is 0.0631. The van der Waals surface area contributed by atoms with Gasteiger partial charge in [-0.3, -0.25) is 5.32 Å². The number of benzene rings is 2. The molecule has 1 atom stereocenters. The van der Waals surface area contributed by atoms with Gasteiger partial charge in [-0.2, -0.15) is 0 Å². The summed E-state index contributed by atoms with van der Waals surface area (Å²) in [6, 6.07) is 10.0. The lowest BCUT2D eigenvalue weighted by Gasteiger charge is -2.38. The van der Waals surface area contributed by atoms with Crippen LogP contribution in [0.4, 0.5) is 25.4 Å². The lowest BCUT2D eigenvalue weighted by atomic mass is 9.89. The zero-order valence-electron chi connectivity index (χ0n) is 18.3. The number of carbonyl (C=O) groups is 2. The molecule has 0 fully saturated rings. The summed E-state index contributed by atoms with van der Waals surface area (Å²) >= 11 is 0. The van der Waals surface area contributed by atoms with Gasteiger partial charge >= 0.3 is 12.1 Å². The zero-order valence-corrected chi connectivity index (χ0v) is 18.3. The number of urea groups is 1. The topological polar surface area (TPSA) is 88.7 Å². The van der Waals surface area contributed by atoms with Gasteiger partial charge in [0.05, 0.1) is 6.04 Å². The quantitative estimate of drug-likeness (QED) is 0.593. The second-order valence-corrected chi connectivity index (χ2v) is 9.11. The lowest BCUT2D eigenvalue weighted by Crippen LogP contribution is -2.42. The van der Waals surface area contributed by atoms with E-state index < -0.39 is 29.1 Å². The number of ether oxygens (including phenoxy) is 2. The monoisotopic (exact) mass is 429 g/mol. The molecule has 0 unspecified atom stereocenters. The van der Waals surface area contributed by atoms with E-state index in [1.807, 2.05) is 13.8 Å². The Balaban J connectivity index is 1.78. The van der Waals surface area contributed by atoms with Gasteiger partial charge in [-0.15, -0.1) is 0 Å². The van der Waals surface area contributed by atoms with Crippen LogP contribution in [-0.2, 0) is 4.74 Å². The maximum absolute atomic E-state index is 13.4. The molecular formula is C23H28FN3O4. The zero-order chi connectivity index (χ0) is 22.8. The van der Waals surface area contributed by atoms with Crippen molar-refractivity contribution in [2.24, 2.45) is 0 Å². The molecule has 0 bridgehead atoms. The standard InChI is InChI=1S/C23H28FN3O4/c1-22(2,3)31-21(29)26-16-9-10-19-17(12-16)18(13-23(4,5)30-19)27-20(28)25-15-8-6-7-14(24)11-15/h6-12,18H,13H2,1-5H3,(H,26,29)(H2,25,27,28)/t18-/m1/s1. The Morgan fingerprint density at radius 3 is 2.48 bits per heavy atom. The van der Waals surface area contributed by atoms with Crippen molar-refractivity contribution in [3.63, 3.8) is 0 Å². The third kappa shape index (κ3) is 6.34. The Bertz CT molecular complexity index is 985. The first-order valence-corrected chi connectivity index (χ1v) is 10.1. The van der Waals surface area contributed by atoms with E-state index in [1.165, 1.54) is 18.2 Å². The summed E-state index contributed by atoms with van der Waals surface area (Å²) in [6.07, 6.45) is -0.0650. The van der Waals surface area contributed by atoms with Crippen LogP contribution in [0.5, 0.6) is 5.75 Å². The highest BCUT2D eigenvalue weighted by Gasteiger charge is 2.35. The average Bonchev–Trinajstić information content (AvgIpc) is 2.59. The van der Waals surface area contributed by atoms with E-state index in [-0.39, 0.29) is 6.04 Å². The molecule has 0 saturated heterocycles. The first-order chi connectivity index (χ1) is 14.4. The number of hydrogen-bond acceptors (Lipinski definition) is 4. The number of rotatable bonds is 3. The summed E-state index contributed by atoms with van der Waals surface area (Å²) in [7, 11) is 0. The van der Waals surface area contributed by atoms with Crippen molar-refractivity contribution in [2.75, 3.05) is 10.6 Å². The summed E-state index contributed by atoms with van der Waals surface area (Å²) < 4.78 is 24.7. The highest BCUT2D eigenvalue weighted by Crippen LogP contribution is 2.40. The number of amides is 3. The van der Waals surface area contributed by atoms with Crippen LogP contribution >= 0.6 is 0 Å². The van der Waals surface area contributed by atoms with Crippen molar-refractivity contribution >= 4 is 23.5 Å². The fraction of sp³-hybridized carbons (Fsp3) is 0.391. The first kappa shape index (κ1) is 22.4. The third-order valence-corrected chi connectivity index (χ3v) is 4.50. The minimum atomic E-state index is -0.621. The maximum Gasteiger partial charge on any atom is 0.412 e. The molecule has 0 radical (unpaired) electrons. The molecule has 3 amide bonds. The van der Waals surface area contributed by atoms with Crippen molar-refractivity contribution in [2.45, 2.75) is 58.3 Å². The molecule has 8 heteroatoms. The van der Waals surface area contributed by atoms with Gasteiger partial charge < -0.3 is 20.1 Å². The minimum Gasteiger partial charge on any atom is -0.487 e. The molecule has 1 aliphatic rings. The molecule has 0 spiro atoms. The molecule has 2 aromatic rings. The van der Waals surface area contributed by atoms with E-state index in [4.69, 9.17) is 9.47 Å². The summed E-state index contributed by atoms with van der Waals surface area (Å²) in [5.74, 6) is 0.176. The van der Waals surface area contributed by atoms with Crippen molar-refractivity contribution in [1.29, 1.82) is 0 Å². The van der Waals surface area contributed by atoms with Gasteiger partial charge in [0.25, 0.3) is 0 Å². The molecule has 0 aromatic heterocycles. The van der Waals surface area contributed by atoms with Crippen molar-refractivity contribution < 1.29 is 23.5 Å². The van der Waals surface area contributed by atoms with Crippen LogP contribution in [0.3, 0.4) is 0 Å². The van der Waals surface area contributed by atoms with Gasteiger partial charge in [-0.25, -0.2) is 14.0 Å². The van der Waals surface area contributed by atoms with Gasteiger partial charge in [-0.05, 0) is 71.0 Å². The van der Waals surface area contributed by atoms with Crippen molar-refractivity contribution in [3.8, 4) is 5.75 Å². The molecular weight excluding hydrogens is 401 g/mol. The van der Waals surface area contributed by atoms with Gasteiger partial charge in [0.2, 0.25) is 0 Å². The van der Waals surface area contributed by atoms with Gasteiger partial charge in [0.1, 0.15) is 22.8 Å². The van der Waals surface area contributed by atoms with Crippen LogP contribution in [0, 0.1) is 5.82 Å². The summed E-state index contributed by atoms with van der Waals surface area (Å²) in [6.45, 7) is 9.22. The normalized spacial score (nSPS) is 17.0. The Kier molecular flexibility index (Phi) is 6.10. The smallest absolute Gasteiger partial charge is 0.412 e. The third-order valence-electron chi connectivity index (χ3n) is 4.50. The van der Waals surface area contributed by atoms with Crippen LogP contribution < -0.4 is 20.7 Å². The van der Waals surface area contributed by atoms with E-state index in [9.17, 15) is 14.0 Å². The van der Waals surface area contributed by atoms with Crippen LogP contribution in [0.1, 0.15) is 52.6 Å². The van der Waals surface area contributed by atoms with Crippen LogP contribution in [0.25, 0.3) is 0 Å². The SMILES string of the molecule is CC(C)(C)OC(=O)Nc1ccc2c(c1)[C@H](NC(=O)Nc1cccc(F)c1)CC(C)(C)O2. The summed E-state index contributed by atoms with van der Waals surface area (Å²) in [5, 5.41) is 8.26. The van der Waals surface area contributed by atoms with E-state index in [1.54, 1.807) is 45.0 Å². The number of hydrogen-bond donors (Lipinski definition) is 3. The fourth-order valence-electron chi connectivity index (χ4n) is 3.37. The van der Waals surface area contributed by atoms with Crippen LogP contribution in [0.15, 0.2) is 42.5 Å². The van der Waals surface area contributed by atoms with Gasteiger partial charge in [0, 0.05) is 23.4 Å². The Labute approximate surface area is 181 Å². The number of carbonyl (C=O) groups excluding carboxylic acids is 2. The largest absolute Gasteiger partial charge is 0.487 e. The maximum atomic E-state index is 13.4. The second kappa shape index (κ2) is 8.45. The highest BCUT2D eigenvalue weighted by atomic mass is 19.1. The highest BCUT2D eigenvalue weighted by molar-refractivity contribution is 5.90. The van der Waals surface area contributed by atoms with Crippen LogP contribution in [-0.4, -0.2) is 23.3 Å². The summed E-state index contributed by atoms with van der Waals surface area (Å²) in [5.41, 5.74) is 0.467. The second-order valence-electron chi connectivity index (χ2n) is 9.11. The van der Waals surface area contributed by atoms with E-state index in [2.05, 4.69) is 16.0 Å².